The third kappa shape index (κ3) is 4.01. The topological polar surface area (TPSA) is 63.9 Å². The zero-order chi connectivity index (χ0) is 24.6. The molecule has 0 atom stereocenters. The number of ketones is 1. The molecule has 0 amide bonds. The molecule has 1 heterocycles. The van der Waals surface area contributed by atoms with Crippen molar-refractivity contribution in [2.75, 3.05) is 28.3 Å². The molecule has 6 heteroatoms. The van der Waals surface area contributed by atoms with Gasteiger partial charge in [-0.15, -0.1) is 0 Å². The average molecular weight is 459 g/mol. The fourth-order valence-electron chi connectivity index (χ4n) is 4.47. The molecule has 0 unspecified atom stereocenters. The van der Waals surface area contributed by atoms with Crippen LogP contribution in [0.1, 0.15) is 32.7 Å². The monoisotopic (exact) mass is 458 g/mol. The molecule has 0 fully saturated rings. The first-order chi connectivity index (χ1) is 16.3. The van der Waals surface area contributed by atoms with E-state index < -0.39 is 0 Å². The first-order valence-electron chi connectivity index (χ1n) is 11.1. The molecule has 3 aromatic carbocycles. The SMILES string of the molecule is COc1ccc(OC)c(C(=O)c2c(C)n(-c3ccc(C)cc3)c3ccc(O)c(CN(C)C)c23)c1. The minimum atomic E-state index is -0.185. The number of rotatable bonds is 7. The number of carbonyl (C=O) groups excluding carboxylic acids is 1. The zero-order valence-corrected chi connectivity index (χ0v) is 20.5. The summed E-state index contributed by atoms with van der Waals surface area (Å²) in [5, 5.41) is 11.6. The molecule has 34 heavy (non-hydrogen) atoms. The van der Waals surface area contributed by atoms with Crippen LogP contribution in [0.2, 0.25) is 0 Å². The second-order valence-electron chi connectivity index (χ2n) is 8.72. The van der Waals surface area contributed by atoms with Gasteiger partial charge >= 0.3 is 0 Å². The van der Waals surface area contributed by atoms with Crippen molar-refractivity contribution in [2.45, 2.75) is 20.4 Å². The van der Waals surface area contributed by atoms with Crippen molar-refractivity contribution in [3.8, 4) is 22.9 Å². The van der Waals surface area contributed by atoms with Gasteiger partial charge in [-0.25, -0.2) is 0 Å². The number of ether oxygens (including phenoxy) is 2. The Morgan fingerprint density at radius 2 is 1.68 bits per heavy atom. The Labute approximate surface area is 200 Å². The van der Waals surface area contributed by atoms with Gasteiger partial charge in [0.2, 0.25) is 0 Å². The number of hydrogen-bond acceptors (Lipinski definition) is 5. The van der Waals surface area contributed by atoms with Crippen LogP contribution in [0, 0.1) is 13.8 Å². The fraction of sp³-hybridized carbons (Fsp3) is 0.250. The van der Waals surface area contributed by atoms with Crippen LogP contribution in [0.15, 0.2) is 54.6 Å². The van der Waals surface area contributed by atoms with Gasteiger partial charge in [0.25, 0.3) is 0 Å². The van der Waals surface area contributed by atoms with Crippen molar-refractivity contribution in [1.29, 1.82) is 0 Å². The molecule has 0 aliphatic rings. The summed E-state index contributed by atoms with van der Waals surface area (Å²) >= 11 is 0. The summed E-state index contributed by atoms with van der Waals surface area (Å²) < 4.78 is 13.0. The van der Waals surface area contributed by atoms with Crippen molar-refractivity contribution in [3.05, 3.63) is 82.5 Å². The van der Waals surface area contributed by atoms with Crippen LogP contribution in [-0.4, -0.2) is 48.7 Å². The Balaban J connectivity index is 2.09. The lowest BCUT2D eigenvalue weighted by atomic mass is 9.96. The van der Waals surface area contributed by atoms with Gasteiger partial charge in [-0.1, -0.05) is 17.7 Å². The molecule has 1 aromatic heterocycles. The van der Waals surface area contributed by atoms with Crippen LogP contribution in [0.5, 0.6) is 17.2 Å². The molecule has 6 nitrogen and oxygen atoms in total. The maximum atomic E-state index is 14.1. The van der Waals surface area contributed by atoms with E-state index in [-0.39, 0.29) is 11.5 Å². The van der Waals surface area contributed by atoms with Crippen LogP contribution in [0.3, 0.4) is 0 Å². The van der Waals surface area contributed by atoms with Gasteiger partial charge in [0.1, 0.15) is 17.2 Å². The van der Waals surface area contributed by atoms with Crippen molar-refractivity contribution in [3.63, 3.8) is 0 Å². The van der Waals surface area contributed by atoms with Gasteiger partial charge in [-0.2, -0.15) is 0 Å². The van der Waals surface area contributed by atoms with Crippen molar-refractivity contribution < 1.29 is 19.4 Å². The number of aromatic nitrogens is 1. The Morgan fingerprint density at radius 1 is 0.971 bits per heavy atom. The van der Waals surface area contributed by atoms with Crippen LogP contribution in [0.25, 0.3) is 16.6 Å². The first kappa shape index (κ1) is 23.4. The molecular formula is C28H30N2O4. The number of methoxy groups -OCH3 is 2. The number of benzene rings is 3. The fourth-order valence-corrected chi connectivity index (χ4v) is 4.47. The van der Waals surface area contributed by atoms with E-state index in [1.807, 2.05) is 63.2 Å². The van der Waals surface area contributed by atoms with E-state index in [1.54, 1.807) is 38.5 Å². The summed E-state index contributed by atoms with van der Waals surface area (Å²) in [4.78, 5) is 16.1. The number of phenolic OH excluding ortho intramolecular Hbond substituents is 1. The highest BCUT2D eigenvalue weighted by Gasteiger charge is 2.27. The number of hydrogen-bond donors (Lipinski definition) is 1. The first-order valence-corrected chi connectivity index (χ1v) is 11.1. The molecule has 4 aromatic rings. The van der Waals surface area contributed by atoms with E-state index in [0.717, 1.165) is 27.8 Å². The van der Waals surface area contributed by atoms with Crippen molar-refractivity contribution in [1.82, 2.24) is 9.47 Å². The Morgan fingerprint density at radius 3 is 2.29 bits per heavy atom. The van der Waals surface area contributed by atoms with Gasteiger partial charge in [-0.05, 0) is 70.4 Å². The van der Waals surface area contributed by atoms with Gasteiger partial charge in [0.15, 0.2) is 5.78 Å². The maximum absolute atomic E-state index is 14.1. The number of aromatic hydroxyl groups is 1. The van der Waals surface area contributed by atoms with Crippen LogP contribution in [-0.2, 0) is 6.54 Å². The molecule has 4 rings (SSSR count). The van der Waals surface area contributed by atoms with E-state index in [1.165, 1.54) is 0 Å². The number of aryl methyl sites for hydroxylation is 1. The third-order valence-electron chi connectivity index (χ3n) is 6.10. The van der Waals surface area contributed by atoms with Gasteiger partial charge in [-0.3, -0.25) is 4.79 Å². The largest absolute Gasteiger partial charge is 0.508 e. The molecule has 1 N–H and O–H groups in total. The van der Waals surface area contributed by atoms with E-state index in [2.05, 4.69) is 4.57 Å². The number of nitrogens with zero attached hydrogens (tertiary/aromatic N) is 2. The third-order valence-corrected chi connectivity index (χ3v) is 6.10. The second-order valence-corrected chi connectivity index (χ2v) is 8.72. The minimum Gasteiger partial charge on any atom is -0.508 e. The summed E-state index contributed by atoms with van der Waals surface area (Å²) in [6.07, 6.45) is 0. The molecule has 176 valence electrons. The normalized spacial score (nSPS) is 11.3. The molecule has 0 saturated heterocycles. The van der Waals surface area contributed by atoms with E-state index in [4.69, 9.17) is 9.47 Å². The number of fused-ring (bicyclic) bond motifs is 1. The summed E-state index contributed by atoms with van der Waals surface area (Å²) in [5.74, 6) is 1.01. The van der Waals surface area contributed by atoms with Gasteiger partial charge in [0, 0.05) is 28.9 Å². The van der Waals surface area contributed by atoms with Crippen LogP contribution < -0.4 is 9.47 Å². The molecule has 0 aliphatic carbocycles. The lowest BCUT2D eigenvalue weighted by Crippen LogP contribution is -2.12. The quantitative estimate of drug-likeness (QED) is 0.383. The Kier molecular flexibility index (Phi) is 6.35. The van der Waals surface area contributed by atoms with E-state index in [0.29, 0.717) is 34.7 Å². The van der Waals surface area contributed by atoms with Crippen LogP contribution in [0.4, 0.5) is 0 Å². The van der Waals surface area contributed by atoms with Crippen molar-refractivity contribution in [2.24, 2.45) is 0 Å². The molecule has 0 spiro atoms. The summed E-state index contributed by atoms with van der Waals surface area (Å²) in [5.41, 5.74) is 5.41. The smallest absolute Gasteiger partial charge is 0.199 e. The maximum Gasteiger partial charge on any atom is 0.199 e. The lowest BCUT2D eigenvalue weighted by Gasteiger charge is -2.14. The predicted octanol–water partition coefficient (Wildman–Crippen LogP) is 5.26. The minimum absolute atomic E-state index is 0.161. The highest BCUT2D eigenvalue weighted by Crippen LogP contribution is 2.39. The highest BCUT2D eigenvalue weighted by molar-refractivity contribution is 6.20. The lowest BCUT2D eigenvalue weighted by molar-refractivity contribution is 0.103. The molecule has 0 saturated carbocycles. The molecule has 0 radical (unpaired) electrons. The Hall–Kier alpha value is -3.77. The van der Waals surface area contributed by atoms with Gasteiger partial charge < -0.3 is 24.0 Å². The predicted molar refractivity (Wildman–Crippen MR) is 135 cm³/mol. The average Bonchev–Trinajstić information content (AvgIpc) is 3.12. The standard InChI is InChI=1S/C28H30N2O4/c1-17-7-9-19(10-8-17)30-18(2)26(27-22(16-29(3)4)24(31)13-12-23(27)30)28(32)21-15-20(33-5)11-14-25(21)34-6/h7-15,31H,16H2,1-6H3. The molecule has 0 bridgehead atoms. The Bertz CT molecular complexity index is 1370. The van der Waals surface area contributed by atoms with Gasteiger partial charge in [0.05, 0.1) is 30.9 Å². The molecular weight excluding hydrogens is 428 g/mol. The van der Waals surface area contributed by atoms with Crippen molar-refractivity contribution >= 4 is 16.7 Å². The number of carbonyl (C=O) groups is 1. The zero-order valence-electron chi connectivity index (χ0n) is 20.5. The molecule has 0 aliphatic heterocycles. The van der Waals surface area contributed by atoms with E-state index in [9.17, 15) is 9.90 Å². The second kappa shape index (κ2) is 9.23. The summed E-state index contributed by atoms with van der Waals surface area (Å²) in [6.45, 7) is 4.47. The summed E-state index contributed by atoms with van der Waals surface area (Å²) in [6, 6.07) is 17.0. The van der Waals surface area contributed by atoms with Crippen LogP contribution >= 0.6 is 0 Å². The number of phenols is 1. The highest BCUT2D eigenvalue weighted by atomic mass is 16.5. The van der Waals surface area contributed by atoms with E-state index >= 15 is 0 Å². The summed E-state index contributed by atoms with van der Waals surface area (Å²) in [7, 11) is 6.99.